The smallest absolute Gasteiger partial charge is 0.261 e. The zero-order chi connectivity index (χ0) is 23.4. The van der Waals surface area contributed by atoms with Crippen molar-refractivity contribution in [2.75, 3.05) is 49.0 Å². The zero-order valence-corrected chi connectivity index (χ0v) is 19.9. The van der Waals surface area contributed by atoms with Crippen LogP contribution in [0.5, 0.6) is 0 Å². The molecule has 2 aromatic rings. The number of amides is 1. The molecule has 2 saturated heterocycles. The molecule has 0 spiro atoms. The second-order valence-electron chi connectivity index (χ2n) is 8.53. The highest BCUT2D eigenvalue weighted by Crippen LogP contribution is 2.25. The predicted octanol–water partition coefficient (Wildman–Crippen LogP) is 1.82. The monoisotopic (exact) mass is 473 g/mol. The molecule has 10 heteroatoms. The number of anilines is 2. The summed E-state index contributed by atoms with van der Waals surface area (Å²) in [5.41, 5.74) is 2.49. The molecule has 1 aromatic heterocycles. The van der Waals surface area contributed by atoms with Gasteiger partial charge in [-0.2, -0.15) is 0 Å². The van der Waals surface area contributed by atoms with Crippen LogP contribution in [0.2, 0.25) is 0 Å². The van der Waals surface area contributed by atoms with Crippen LogP contribution in [0.15, 0.2) is 35.4 Å². The summed E-state index contributed by atoms with van der Waals surface area (Å²) in [6.45, 7) is 7.94. The van der Waals surface area contributed by atoms with Gasteiger partial charge in [-0.05, 0) is 56.0 Å². The summed E-state index contributed by atoms with van der Waals surface area (Å²) >= 11 is 0. The van der Waals surface area contributed by atoms with Crippen molar-refractivity contribution < 1.29 is 17.9 Å². The van der Waals surface area contributed by atoms with Crippen molar-refractivity contribution in [2.24, 2.45) is 0 Å². The molecule has 0 saturated carbocycles. The van der Waals surface area contributed by atoms with E-state index in [1.54, 1.807) is 24.3 Å². The lowest BCUT2D eigenvalue weighted by Crippen LogP contribution is -2.45. The molecule has 0 radical (unpaired) electrons. The number of hydrogen-bond donors (Lipinski definition) is 3. The van der Waals surface area contributed by atoms with Gasteiger partial charge in [0.15, 0.2) is 0 Å². The lowest BCUT2D eigenvalue weighted by molar-refractivity contribution is 0.0858. The molecule has 0 unspecified atom stereocenters. The molecular formula is C23H31N5O4S. The van der Waals surface area contributed by atoms with Gasteiger partial charge in [0.25, 0.3) is 15.9 Å². The Morgan fingerprint density at radius 3 is 2.70 bits per heavy atom. The van der Waals surface area contributed by atoms with Gasteiger partial charge in [0, 0.05) is 39.3 Å². The number of carbonyl (C=O) groups is 1. The Morgan fingerprint density at radius 1 is 1.21 bits per heavy atom. The molecule has 9 nitrogen and oxygen atoms in total. The SMILES string of the molecule is Cc1ccc(S(=O)(=O)Nc2cnc(N3CCNCC3)c(C(=O)NC[C@H]3CCCO3)c2)cc1C. The lowest BCUT2D eigenvalue weighted by atomic mass is 10.1. The summed E-state index contributed by atoms with van der Waals surface area (Å²) in [5, 5.41) is 6.22. The van der Waals surface area contributed by atoms with E-state index in [0.717, 1.165) is 37.1 Å². The summed E-state index contributed by atoms with van der Waals surface area (Å²) in [6, 6.07) is 6.55. The minimum Gasteiger partial charge on any atom is -0.376 e. The fourth-order valence-electron chi connectivity index (χ4n) is 4.01. The normalized spacial score (nSPS) is 18.8. The van der Waals surface area contributed by atoms with Crippen LogP contribution in [0.1, 0.15) is 34.3 Å². The number of benzene rings is 1. The van der Waals surface area contributed by atoms with Crippen molar-refractivity contribution >= 4 is 27.4 Å². The van der Waals surface area contributed by atoms with Crippen LogP contribution in [0.4, 0.5) is 11.5 Å². The van der Waals surface area contributed by atoms with Gasteiger partial charge < -0.3 is 20.3 Å². The third kappa shape index (κ3) is 5.63. The fraction of sp³-hybridized carbons (Fsp3) is 0.478. The van der Waals surface area contributed by atoms with Gasteiger partial charge in [0.1, 0.15) is 5.82 Å². The molecule has 1 aromatic carbocycles. The summed E-state index contributed by atoms with van der Waals surface area (Å²) in [7, 11) is -3.82. The van der Waals surface area contributed by atoms with E-state index < -0.39 is 10.0 Å². The Balaban J connectivity index is 1.59. The third-order valence-corrected chi connectivity index (χ3v) is 7.46. The van der Waals surface area contributed by atoms with Crippen LogP contribution in [-0.4, -0.2) is 64.7 Å². The minimum absolute atomic E-state index is 0.0102. The van der Waals surface area contributed by atoms with Crippen LogP contribution in [0.25, 0.3) is 0 Å². The first-order valence-electron chi connectivity index (χ1n) is 11.3. The number of rotatable bonds is 7. The van der Waals surface area contributed by atoms with Crippen molar-refractivity contribution in [1.29, 1.82) is 0 Å². The van der Waals surface area contributed by atoms with Crippen molar-refractivity contribution in [1.82, 2.24) is 15.6 Å². The largest absolute Gasteiger partial charge is 0.376 e. The highest BCUT2D eigenvalue weighted by Gasteiger charge is 2.24. The van der Waals surface area contributed by atoms with Crippen molar-refractivity contribution in [3.05, 3.63) is 47.2 Å². The predicted molar refractivity (Wildman–Crippen MR) is 127 cm³/mol. The zero-order valence-electron chi connectivity index (χ0n) is 19.1. The van der Waals surface area contributed by atoms with Gasteiger partial charge in [-0.3, -0.25) is 9.52 Å². The minimum atomic E-state index is -3.82. The number of piperazine rings is 1. The van der Waals surface area contributed by atoms with E-state index in [1.165, 1.54) is 6.20 Å². The first kappa shape index (κ1) is 23.5. The van der Waals surface area contributed by atoms with Gasteiger partial charge in [-0.15, -0.1) is 0 Å². The number of aromatic nitrogens is 1. The van der Waals surface area contributed by atoms with E-state index in [1.807, 2.05) is 18.7 Å². The number of nitrogens with zero attached hydrogens (tertiary/aromatic N) is 2. The Morgan fingerprint density at radius 2 is 2.00 bits per heavy atom. The molecule has 4 rings (SSSR count). The molecule has 3 N–H and O–H groups in total. The average Bonchev–Trinajstić information content (AvgIpc) is 3.33. The first-order chi connectivity index (χ1) is 15.8. The molecule has 33 heavy (non-hydrogen) atoms. The number of ether oxygens (including phenoxy) is 1. The van der Waals surface area contributed by atoms with Gasteiger partial charge in [0.05, 0.1) is 28.4 Å². The van der Waals surface area contributed by atoms with Gasteiger partial charge >= 0.3 is 0 Å². The van der Waals surface area contributed by atoms with E-state index in [0.29, 0.717) is 37.6 Å². The van der Waals surface area contributed by atoms with Crippen LogP contribution in [0.3, 0.4) is 0 Å². The second kappa shape index (κ2) is 10.1. The molecule has 0 aliphatic carbocycles. The van der Waals surface area contributed by atoms with Crippen molar-refractivity contribution in [2.45, 2.75) is 37.7 Å². The Kier molecular flexibility index (Phi) is 7.16. The highest BCUT2D eigenvalue weighted by molar-refractivity contribution is 7.92. The standard InChI is InChI=1S/C23H31N5O4S/c1-16-5-6-20(12-17(16)2)33(30,31)27-18-13-21(23(29)26-15-19-4-3-11-32-19)22(25-14-18)28-9-7-24-8-10-28/h5-6,12-14,19,24,27H,3-4,7-11,15H2,1-2H3,(H,26,29)/t19-/m1/s1. The Bertz CT molecular complexity index is 1110. The Labute approximate surface area is 195 Å². The van der Waals surface area contributed by atoms with E-state index in [9.17, 15) is 13.2 Å². The summed E-state index contributed by atoms with van der Waals surface area (Å²) < 4.78 is 34.1. The van der Waals surface area contributed by atoms with Gasteiger partial charge in [-0.1, -0.05) is 6.07 Å². The molecule has 2 aliphatic heterocycles. The number of hydrogen-bond acceptors (Lipinski definition) is 7. The molecular weight excluding hydrogens is 442 g/mol. The third-order valence-electron chi connectivity index (χ3n) is 6.08. The average molecular weight is 474 g/mol. The lowest BCUT2D eigenvalue weighted by Gasteiger charge is -2.30. The maximum atomic E-state index is 13.1. The first-order valence-corrected chi connectivity index (χ1v) is 12.8. The topological polar surface area (TPSA) is 113 Å². The summed E-state index contributed by atoms with van der Waals surface area (Å²) in [6.07, 6.45) is 3.38. The maximum Gasteiger partial charge on any atom is 0.261 e. The van der Waals surface area contributed by atoms with Crippen molar-refractivity contribution in [3.8, 4) is 0 Å². The van der Waals surface area contributed by atoms with E-state index in [2.05, 4.69) is 20.3 Å². The summed E-state index contributed by atoms with van der Waals surface area (Å²) in [5.74, 6) is 0.259. The molecule has 0 bridgehead atoms. The Hall–Kier alpha value is -2.69. The molecule has 3 heterocycles. The maximum absolute atomic E-state index is 13.1. The van der Waals surface area contributed by atoms with E-state index in [4.69, 9.17) is 4.74 Å². The number of nitrogens with one attached hydrogen (secondary N) is 3. The number of sulfonamides is 1. The number of pyridine rings is 1. The molecule has 178 valence electrons. The van der Waals surface area contributed by atoms with Crippen LogP contribution in [-0.2, 0) is 14.8 Å². The molecule has 2 fully saturated rings. The van der Waals surface area contributed by atoms with Crippen LogP contribution in [0, 0.1) is 13.8 Å². The quantitative estimate of drug-likeness (QED) is 0.562. The van der Waals surface area contributed by atoms with E-state index >= 15 is 0 Å². The number of aryl methyl sites for hydroxylation is 2. The van der Waals surface area contributed by atoms with Crippen LogP contribution < -0.4 is 20.3 Å². The van der Waals surface area contributed by atoms with E-state index in [-0.39, 0.29) is 22.6 Å². The molecule has 2 aliphatic rings. The molecule has 1 amide bonds. The molecule has 1 atom stereocenters. The number of carbonyl (C=O) groups excluding carboxylic acids is 1. The summed E-state index contributed by atoms with van der Waals surface area (Å²) in [4.78, 5) is 19.8. The highest BCUT2D eigenvalue weighted by atomic mass is 32.2. The van der Waals surface area contributed by atoms with Crippen molar-refractivity contribution in [3.63, 3.8) is 0 Å². The van der Waals surface area contributed by atoms with Crippen LogP contribution >= 0.6 is 0 Å². The second-order valence-corrected chi connectivity index (χ2v) is 10.2. The van der Waals surface area contributed by atoms with Gasteiger partial charge in [0.2, 0.25) is 0 Å². The van der Waals surface area contributed by atoms with Gasteiger partial charge in [-0.25, -0.2) is 13.4 Å². The fourth-order valence-corrected chi connectivity index (χ4v) is 5.13.